The summed E-state index contributed by atoms with van der Waals surface area (Å²) in [6.45, 7) is -3.08. The zero-order valence-corrected chi connectivity index (χ0v) is 11.4. The van der Waals surface area contributed by atoms with E-state index in [0.29, 0.717) is 0 Å². The van der Waals surface area contributed by atoms with Gasteiger partial charge in [0.2, 0.25) is 0 Å². The zero-order valence-electron chi connectivity index (χ0n) is 10.6. The number of hydrogen-bond donors (Lipinski definition) is 2. The molecule has 0 spiro atoms. The van der Waals surface area contributed by atoms with E-state index in [9.17, 15) is 21.6 Å². The highest BCUT2D eigenvalue weighted by atomic mass is 32.2. The number of halogens is 3. The number of pyridine rings is 1. The second-order valence-corrected chi connectivity index (χ2v) is 5.64. The molecule has 0 saturated carbocycles. The van der Waals surface area contributed by atoms with Crippen molar-refractivity contribution < 1.29 is 26.7 Å². The second kappa shape index (κ2) is 6.37. The highest BCUT2D eigenvalue weighted by Crippen LogP contribution is 2.25. The average molecular weight is 313 g/mol. The number of hydrogen-bond acceptors (Lipinski definition) is 5. The molecule has 1 heterocycles. The monoisotopic (exact) mass is 313 g/mol. The first kappa shape index (κ1) is 16.7. The van der Waals surface area contributed by atoms with E-state index in [0.717, 1.165) is 0 Å². The van der Waals surface area contributed by atoms with Crippen molar-refractivity contribution in [3.63, 3.8) is 0 Å². The molecule has 0 unspecified atom stereocenters. The van der Waals surface area contributed by atoms with Gasteiger partial charge < -0.3 is 10.4 Å². The van der Waals surface area contributed by atoms with Gasteiger partial charge in [0, 0.05) is 19.8 Å². The van der Waals surface area contributed by atoms with Crippen LogP contribution in [0.2, 0.25) is 0 Å². The lowest BCUT2D eigenvalue weighted by atomic mass is 10.4. The number of sulfonamides is 1. The Labute approximate surface area is 114 Å². The summed E-state index contributed by atoms with van der Waals surface area (Å²) < 4.78 is 61.8. The fraction of sp³-hybridized carbons (Fsp3) is 0.500. The molecule has 0 saturated heterocycles. The Balaban J connectivity index is 3.22. The number of rotatable bonds is 6. The molecule has 0 bridgehead atoms. The maximum absolute atomic E-state index is 12.4. The minimum absolute atomic E-state index is 0.0811. The van der Waals surface area contributed by atoms with Crippen molar-refractivity contribution in [2.75, 3.05) is 32.1 Å². The Bertz CT molecular complexity index is 548. The van der Waals surface area contributed by atoms with Crippen LogP contribution in [0.4, 0.5) is 18.9 Å². The molecular formula is C10H14F3N3O3S. The van der Waals surface area contributed by atoms with Gasteiger partial charge in [-0.3, -0.25) is 0 Å². The Morgan fingerprint density at radius 3 is 2.60 bits per heavy atom. The fourth-order valence-corrected chi connectivity index (χ4v) is 3.03. The molecule has 0 aliphatic rings. The van der Waals surface area contributed by atoms with E-state index in [1.165, 1.54) is 25.4 Å². The van der Waals surface area contributed by atoms with Gasteiger partial charge in [-0.25, -0.2) is 13.4 Å². The Hall–Kier alpha value is -1.39. The van der Waals surface area contributed by atoms with Crippen LogP contribution < -0.4 is 5.32 Å². The van der Waals surface area contributed by atoms with E-state index in [1.54, 1.807) is 0 Å². The van der Waals surface area contributed by atoms with Crippen molar-refractivity contribution in [3.8, 4) is 0 Å². The Morgan fingerprint density at radius 2 is 2.10 bits per heavy atom. The van der Waals surface area contributed by atoms with Gasteiger partial charge in [-0.15, -0.1) is 0 Å². The second-order valence-electron chi connectivity index (χ2n) is 3.78. The normalized spacial score (nSPS) is 12.7. The van der Waals surface area contributed by atoms with E-state index in [4.69, 9.17) is 5.11 Å². The summed E-state index contributed by atoms with van der Waals surface area (Å²) >= 11 is 0. The SMILES string of the molecule is CNc1cccnc1S(=O)(=O)N(CCO)CC(F)(F)F. The molecular weight excluding hydrogens is 299 g/mol. The van der Waals surface area contributed by atoms with E-state index in [2.05, 4.69) is 10.3 Å². The number of aliphatic hydroxyl groups excluding tert-OH is 1. The van der Waals surface area contributed by atoms with Gasteiger partial charge in [0.1, 0.15) is 6.54 Å². The molecule has 1 rings (SSSR count). The number of nitrogens with one attached hydrogen (secondary N) is 1. The van der Waals surface area contributed by atoms with Crippen molar-refractivity contribution in [2.24, 2.45) is 0 Å². The van der Waals surface area contributed by atoms with Gasteiger partial charge in [-0.1, -0.05) is 0 Å². The number of alkyl halides is 3. The summed E-state index contributed by atoms with van der Waals surface area (Å²) in [7, 11) is -3.03. The predicted octanol–water partition coefficient (Wildman–Crippen LogP) is 0.669. The highest BCUT2D eigenvalue weighted by Gasteiger charge is 2.38. The van der Waals surface area contributed by atoms with E-state index in [-0.39, 0.29) is 9.99 Å². The average Bonchev–Trinajstić information content (AvgIpc) is 2.36. The van der Waals surface area contributed by atoms with Crippen LogP contribution in [0.5, 0.6) is 0 Å². The van der Waals surface area contributed by atoms with Gasteiger partial charge in [0.15, 0.2) is 5.03 Å². The summed E-state index contributed by atoms with van der Waals surface area (Å²) in [5, 5.41) is 10.8. The third-order valence-electron chi connectivity index (χ3n) is 2.33. The molecule has 1 aromatic heterocycles. The van der Waals surface area contributed by atoms with Crippen LogP contribution in [-0.2, 0) is 10.0 Å². The van der Waals surface area contributed by atoms with Gasteiger partial charge >= 0.3 is 6.18 Å². The molecule has 0 aliphatic heterocycles. The highest BCUT2D eigenvalue weighted by molar-refractivity contribution is 7.89. The molecule has 0 aromatic carbocycles. The number of aliphatic hydroxyl groups is 1. The van der Waals surface area contributed by atoms with Gasteiger partial charge in [-0.05, 0) is 12.1 Å². The third kappa shape index (κ3) is 4.05. The molecule has 0 amide bonds. The molecule has 6 nitrogen and oxygen atoms in total. The molecule has 0 atom stereocenters. The topological polar surface area (TPSA) is 82.5 Å². The molecule has 0 radical (unpaired) electrons. The predicted molar refractivity (Wildman–Crippen MR) is 65.7 cm³/mol. The molecule has 20 heavy (non-hydrogen) atoms. The van der Waals surface area contributed by atoms with E-state index in [1.807, 2.05) is 0 Å². The molecule has 114 valence electrons. The minimum Gasteiger partial charge on any atom is -0.395 e. The maximum Gasteiger partial charge on any atom is 0.402 e. The van der Waals surface area contributed by atoms with Crippen LogP contribution in [-0.4, -0.2) is 55.7 Å². The summed E-state index contributed by atoms with van der Waals surface area (Å²) in [5.74, 6) is 0. The molecule has 0 fully saturated rings. The van der Waals surface area contributed by atoms with Gasteiger partial charge in [-0.2, -0.15) is 17.5 Å². The maximum atomic E-state index is 12.4. The first-order valence-corrected chi connectivity index (χ1v) is 6.97. The quantitative estimate of drug-likeness (QED) is 0.806. The van der Waals surface area contributed by atoms with Crippen molar-refractivity contribution in [1.29, 1.82) is 0 Å². The standard InChI is InChI=1S/C10H14F3N3O3S/c1-14-8-3-2-4-15-9(8)20(18,19)16(5-6-17)7-10(11,12)13/h2-4,14,17H,5-7H2,1H3. The van der Waals surface area contributed by atoms with Crippen LogP contribution in [0, 0.1) is 0 Å². The van der Waals surface area contributed by atoms with Crippen LogP contribution in [0.25, 0.3) is 0 Å². The summed E-state index contributed by atoms with van der Waals surface area (Å²) in [4.78, 5) is 3.61. The van der Waals surface area contributed by atoms with Crippen LogP contribution in [0.15, 0.2) is 23.4 Å². The zero-order chi connectivity index (χ0) is 15.4. The molecule has 2 N–H and O–H groups in total. The lowest BCUT2D eigenvalue weighted by Gasteiger charge is -2.22. The third-order valence-corrected chi connectivity index (χ3v) is 4.14. The Morgan fingerprint density at radius 1 is 1.45 bits per heavy atom. The van der Waals surface area contributed by atoms with Crippen LogP contribution in [0.1, 0.15) is 0 Å². The minimum atomic E-state index is -4.71. The van der Waals surface area contributed by atoms with E-state index < -0.39 is 40.9 Å². The lowest BCUT2D eigenvalue weighted by Crippen LogP contribution is -2.41. The largest absolute Gasteiger partial charge is 0.402 e. The van der Waals surface area contributed by atoms with Crippen LogP contribution >= 0.6 is 0 Å². The summed E-state index contributed by atoms with van der Waals surface area (Å²) in [6, 6.07) is 2.83. The first-order valence-electron chi connectivity index (χ1n) is 5.53. The summed E-state index contributed by atoms with van der Waals surface area (Å²) in [6.07, 6.45) is -3.55. The smallest absolute Gasteiger partial charge is 0.395 e. The lowest BCUT2D eigenvalue weighted by molar-refractivity contribution is -0.136. The van der Waals surface area contributed by atoms with Crippen molar-refractivity contribution in [2.45, 2.75) is 11.2 Å². The van der Waals surface area contributed by atoms with Gasteiger partial charge in [0.25, 0.3) is 10.0 Å². The fourth-order valence-electron chi connectivity index (χ4n) is 1.50. The molecule has 1 aromatic rings. The van der Waals surface area contributed by atoms with Crippen molar-refractivity contribution in [3.05, 3.63) is 18.3 Å². The number of aromatic nitrogens is 1. The van der Waals surface area contributed by atoms with Crippen molar-refractivity contribution >= 4 is 15.7 Å². The first-order chi connectivity index (χ1) is 9.22. The number of nitrogens with zero attached hydrogens (tertiary/aromatic N) is 2. The molecule has 0 aliphatic carbocycles. The summed E-state index contributed by atoms with van der Waals surface area (Å²) in [5.41, 5.74) is 0.0811. The van der Waals surface area contributed by atoms with E-state index >= 15 is 0 Å². The Kier molecular flexibility index (Phi) is 5.31. The van der Waals surface area contributed by atoms with Crippen LogP contribution in [0.3, 0.4) is 0 Å². The molecule has 10 heteroatoms. The number of anilines is 1. The van der Waals surface area contributed by atoms with Gasteiger partial charge in [0.05, 0.1) is 12.3 Å². The van der Waals surface area contributed by atoms with Crippen molar-refractivity contribution in [1.82, 2.24) is 9.29 Å².